The van der Waals surface area contributed by atoms with Crippen LogP contribution < -0.4 is 9.47 Å². The molecule has 0 radical (unpaired) electrons. The molecule has 0 fully saturated rings. The van der Waals surface area contributed by atoms with E-state index in [1.807, 2.05) is 42.5 Å². The highest BCUT2D eigenvalue weighted by Crippen LogP contribution is 2.51. The second-order valence-corrected chi connectivity index (χ2v) is 6.97. The van der Waals surface area contributed by atoms with Crippen molar-refractivity contribution in [2.24, 2.45) is 0 Å². The zero-order valence-corrected chi connectivity index (χ0v) is 14.7. The van der Waals surface area contributed by atoms with Gasteiger partial charge in [-0.15, -0.1) is 0 Å². The van der Waals surface area contributed by atoms with Gasteiger partial charge in [-0.25, -0.2) is 0 Å². The van der Waals surface area contributed by atoms with Gasteiger partial charge in [0.1, 0.15) is 0 Å². The number of halogens is 1. The fraction of sp³-hybridized carbons (Fsp3) is 0.143. The Labute approximate surface area is 151 Å². The van der Waals surface area contributed by atoms with Gasteiger partial charge in [0.05, 0.1) is 5.60 Å². The van der Waals surface area contributed by atoms with Crippen molar-refractivity contribution in [3.63, 3.8) is 0 Å². The molecule has 1 N–H and O–H groups in total. The van der Waals surface area contributed by atoms with Crippen LogP contribution in [0.1, 0.15) is 19.4 Å². The van der Waals surface area contributed by atoms with E-state index in [-0.39, 0.29) is 0 Å². The van der Waals surface area contributed by atoms with Crippen molar-refractivity contribution in [2.45, 2.75) is 19.4 Å². The number of ether oxygens (including phenoxy) is 2. The molecule has 126 valence electrons. The lowest BCUT2D eigenvalue weighted by Crippen LogP contribution is -2.16. The first-order valence-electron chi connectivity index (χ1n) is 8.04. The zero-order chi connectivity index (χ0) is 17.6. The van der Waals surface area contributed by atoms with Gasteiger partial charge in [0.2, 0.25) is 0 Å². The third-order valence-electron chi connectivity index (χ3n) is 4.19. The van der Waals surface area contributed by atoms with E-state index in [0.29, 0.717) is 28.0 Å². The highest BCUT2D eigenvalue weighted by molar-refractivity contribution is 6.30. The van der Waals surface area contributed by atoms with E-state index in [4.69, 9.17) is 21.1 Å². The lowest BCUT2D eigenvalue weighted by molar-refractivity contribution is 0.0792. The molecule has 3 aromatic carbocycles. The topological polar surface area (TPSA) is 38.7 Å². The Balaban J connectivity index is 1.89. The number of benzene rings is 3. The van der Waals surface area contributed by atoms with Gasteiger partial charge in [0.15, 0.2) is 23.0 Å². The number of fused-ring (bicyclic) bond motifs is 2. The SMILES string of the molecule is CC(C)(O)c1ccccc1-c1cccc2c1Oc1cc(Cl)ccc1O2. The molecule has 0 spiro atoms. The van der Waals surface area contributed by atoms with Crippen molar-refractivity contribution in [1.29, 1.82) is 0 Å². The molecule has 3 nitrogen and oxygen atoms in total. The van der Waals surface area contributed by atoms with Gasteiger partial charge in [-0.2, -0.15) is 0 Å². The minimum atomic E-state index is -0.976. The standard InChI is InChI=1S/C21H17ClO3/c1-21(2,23)16-8-4-3-6-14(16)15-7-5-9-18-20(15)25-19-12-13(22)10-11-17(19)24-18/h3-12,23H,1-2H3. The first-order chi connectivity index (χ1) is 11.9. The van der Waals surface area contributed by atoms with Crippen molar-refractivity contribution in [3.05, 3.63) is 71.2 Å². The average Bonchev–Trinajstić information content (AvgIpc) is 2.59. The van der Waals surface area contributed by atoms with Crippen LogP contribution in [0.2, 0.25) is 5.02 Å². The molecule has 25 heavy (non-hydrogen) atoms. The van der Waals surface area contributed by atoms with E-state index < -0.39 is 5.60 Å². The molecule has 1 aliphatic heterocycles. The molecule has 1 heterocycles. The van der Waals surface area contributed by atoms with Gasteiger partial charge < -0.3 is 14.6 Å². The Kier molecular flexibility index (Phi) is 3.71. The minimum Gasteiger partial charge on any atom is -0.449 e. The van der Waals surface area contributed by atoms with Gasteiger partial charge >= 0.3 is 0 Å². The van der Waals surface area contributed by atoms with Crippen LogP contribution in [0.15, 0.2) is 60.7 Å². The van der Waals surface area contributed by atoms with Crippen LogP contribution in [0, 0.1) is 0 Å². The van der Waals surface area contributed by atoms with Crippen LogP contribution in [-0.4, -0.2) is 5.11 Å². The number of hydrogen-bond acceptors (Lipinski definition) is 3. The molecule has 0 aromatic heterocycles. The van der Waals surface area contributed by atoms with Crippen LogP contribution in [-0.2, 0) is 5.60 Å². The van der Waals surface area contributed by atoms with E-state index >= 15 is 0 Å². The normalized spacial score (nSPS) is 12.6. The molecule has 4 rings (SSSR count). The second kappa shape index (κ2) is 5.80. The molecular weight excluding hydrogens is 336 g/mol. The lowest BCUT2D eigenvalue weighted by atomic mass is 9.89. The molecule has 0 saturated heterocycles. The third kappa shape index (κ3) is 2.86. The fourth-order valence-electron chi connectivity index (χ4n) is 3.04. The summed E-state index contributed by atoms with van der Waals surface area (Å²) in [6, 6.07) is 18.8. The molecule has 1 aliphatic rings. The zero-order valence-electron chi connectivity index (χ0n) is 13.9. The minimum absolute atomic E-state index is 0.577. The van der Waals surface area contributed by atoms with Gasteiger partial charge in [0.25, 0.3) is 0 Å². The van der Waals surface area contributed by atoms with Crippen LogP contribution in [0.3, 0.4) is 0 Å². The van der Waals surface area contributed by atoms with E-state index in [1.165, 1.54) is 0 Å². The maximum absolute atomic E-state index is 10.5. The van der Waals surface area contributed by atoms with Crippen LogP contribution in [0.25, 0.3) is 11.1 Å². The monoisotopic (exact) mass is 352 g/mol. The van der Waals surface area contributed by atoms with Crippen LogP contribution >= 0.6 is 11.6 Å². The molecule has 0 bridgehead atoms. The fourth-order valence-corrected chi connectivity index (χ4v) is 3.20. The number of hydrogen-bond donors (Lipinski definition) is 1. The first kappa shape index (κ1) is 16.0. The van der Waals surface area contributed by atoms with Crippen LogP contribution in [0.4, 0.5) is 0 Å². The Morgan fingerprint density at radius 2 is 1.56 bits per heavy atom. The quantitative estimate of drug-likeness (QED) is 0.471. The number of para-hydroxylation sites is 1. The van der Waals surface area contributed by atoms with E-state index in [1.54, 1.807) is 32.0 Å². The van der Waals surface area contributed by atoms with Crippen molar-refractivity contribution in [3.8, 4) is 34.1 Å². The third-order valence-corrected chi connectivity index (χ3v) is 4.43. The van der Waals surface area contributed by atoms with Crippen molar-refractivity contribution < 1.29 is 14.6 Å². The Hall–Kier alpha value is -2.49. The van der Waals surface area contributed by atoms with E-state index in [2.05, 4.69) is 0 Å². The molecule has 0 aliphatic carbocycles. The van der Waals surface area contributed by atoms with E-state index in [9.17, 15) is 5.11 Å². The summed E-state index contributed by atoms with van der Waals surface area (Å²) in [6.45, 7) is 3.54. The molecule has 0 amide bonds. The summed E-state index contributed by atoms with van der Waals surface area (Å²) in [5.74, 6) is 2.46. The summed E-state index contributed by atoms with van der Waals surface area (Å²) in [6.07, 6.45) is 0. The Morgan fingerprint density at radius 1 is 0.800 bits per heavy atom. The summed E-state index contributed by atoms with van der Waals surface area (Å²) in [4.78, 5) is 0. The predicted octanol–water partition coefficient (Wildman–Crippen LogP) is 6.13. The average molecular weight is 353 g/mol. The summed E-state index contributed by atoms with van der Waals surface area (Å²) in [5, 5.41) is 11.1. The molecule has 0 unspecified atom stereocenters. The first-order valence-corrected chi connectivity index (χ1v) is 8.42. The summed E-state index contributed by atoms with van der Waals surface area (Å²) < 4.78 is 12.1. The molecule has 4 heteroatoms. The summed E-state index contributed by atoms with van der Waals surface area (Å²) in [5.41, 5.74) is 1.61. The highest BCUT2D eigenvalue weighted by Gasteiger charge is 2.26. The van der Waals surface area contributed by atoms with Gasteiger partial charge in [-0.3, -0.25) is 0 Å². The lowest BCUT2D eigenvalue weighted by Gasteiger charge is -2.26. The number of aliphatic hydroxyl groups is 1. The Bertz CT molecular complexity index is 958. The predicted molar refractivity (Wildman–Crippen MR) is 98.7 cm³/mol. The van der Waals surface area contributed by atoms with Gasteiger partial charge in [-0.05, 0) is 43.2 Å². The molecule has 3 aromatic rings. The Morgan fingerprint density at radius 3 is 2.36 bits per heavy atom. The second-order valence-electron chi connectivity index (χ2n) is 6.53. The maximum atomic E-state index is 10.5. The van der Waals surface area contributed by atoms with E-state index in [0.717, 1.165) is 16.7 Å². The summed E-state index contributed by atoms with van der Waals surface area (Å²) in [7, 11) is 0. The smallest absolute Gasteiger partial charge is 0.177 e. The van der Waals surface area contributed by atoms with Gasteiger partial charge in [0, 0.05) is 16.7 Å². The van der Waals surface area contributed by atoms with Crippen molar-refractivity contribution in [2.75, 3.05) is 0 Å². The summed E-state index contributed by atoms with van der Waals surface area (Å²) >= 11 is 6.08. The van der Waals surface area contributed by atoms with Crippen molar-refractivity contribution in [1.82, 2.24) is 0 Å². The van der Waals surface area contributed by atoms with Gasteiger partial charge in [-0.1, -0.05) is 48.0 Å². The molecule has 0 atom stereocenters. The maximum Gasteiger partial charge on any atom is 0.177 e. The largest absolute Gasteiger partial charge is 0.449 e. The highest BCUT2D eigenvalue weighted by atomic mass is 35.5. The number of rotatable bonds is 2. The van der Waals surface area contributed by atoms with Crippen LogP contribution in [0.5, 0.6) is 23.0 Å². The molecule has 0 saturated carbocycles. The molecular formula is C21H17ClO3. The van der Waals surface area contributed by atoms with Crippen molar-refractivity contribution >= 4 is 11.6 Å².